The lowest BCUT2D eigenvalue weighted by Gasteiger charge is -2.21. The van der Waals surface area contributed by atoms with Gasteiger partial charge in [0.2, 0.25) is 0 Å². The molecule has 4 amide bonds. The van der Waals surface area contributed by atoms with E-state index >= 15 is 0 Å². The third kappa shape index (κ3) is 3.30. The highest BCUT2D eigenvalue weighted by Gasteiger charge is 2.55. The average Bonchev–Trinajstić information content (AvgIpc) is 3.49. The SMILES string of the molecule is CC1(C2CC2)NC(=O)N(Cc2cccc(C(=O)Nc3ccccc3)c2)C1=O. The van der Waals surface area contributed by atoms with Crippen LogP contribution >= 0.6 is 0 Å². The molecule has 1 heterocycles. The van der Waals surface area contributed by atoms with Crippen molar-refractivity contribution < 1.29 is 14.4 Å². The van der Waals surface area contributed by atoms with Gasteiger partial charge < -0.3 is 10.6 Å². The maximum Gasteiger partial charge on any atom is 0.325 e. The normalized spacial score (nSPS) is 21.9. The molecule has 2 aromatic carbocycles. The quantitative estimate of drug-likeness (QED) is 0.801. The number of imide groups is 1. The van der Waals surface area contributed by atoms with Crippen molar-refractivity contribution in [3.63, 3.8) is 0 Å². The highest BCUT2D eigenvalue weighted by atomic mass is 16.2. The number of urea groups is 1. The lowest BCUT2D eigenvalue weighted by Crippen LogP contribution is -2.46. The number of anilines is 1. The summed E-state index contributed by atoms with van der Waals surface area (Å²) in [5.74, 6) is -0.195. The summed E-state index contributed by atoms with van der Waals surface area (Å²) in [7, 11) is 0. The Kier molecular flexibility index (Phi) is 4.18. The number of carbonyl (C=O) groups excluding carboxylic acids is 3. The van der Waals surface area contributed by atoms with Crippen molar-refractivity contribution >= 4 is 23.5 Å². The van der Waals surface area contributed by atoms with Gasteiger partial charge in [-0.15, -0.1) is 0 Å². The minimum absolute atomic E-state index is 0.152. The lowest BCUT2D eigenvalue weighted by molar-refractivity contribution is -0.131. The highest BCUT2D eigenvalue weighted by Crippen LogP contribution is 2.42. The summed E-state index contributed by atoms with van der Waals surface area (Å²) < 4.78 is 0. The van der Waals surface area contributed by atoms with Gasteiger partial charge >= 0.3 is 6.03 Å². The second-order valence-electron chi connectivity index (χ2n) is 7.32. The molecule has 1 saturated heterocycles. The van der Waals surface area contributed by atoms with Crippen molar-refractivity contribution in [2.45, 2.75) is 31.8 Å². The van der Waals surface area contributed by atoms with Crippen molar-refractivity contribution in [1.29, 1.82) is 0 Å². The van der Waals surface area contributed by atoms with Gasteiger partial charge in [-0.3, -0.25) is 14.5 Å². The van der Waals surface area contributed by atoms with Gasteiger partial charge in [0.15, 0.2) is 0 Å². The summed E-state index contributed by atoms with van der Waals surface area (Å²) in [6, 6.07) is 15.8. The van der Waals surface area contributed by atoms with E-state index < -0.39 is 5.54 Å². The monoisotopic (exact) mass is 363 g/mol. The largest absolute Gasteiger partial charge is 0.325 e. The number of nitrogens with one attached hydrogen (secondary N) is 2. The van der Waals surface area contributed by atoms with E-state index in [-0.39, 0.29) is 30.3 Å². The first-order chi connectivity index (χ1) is 13.0. The molecule has 1 aliphatic heterocycles. The number of hydrogen-bond donors (Lipinski definition) is 2. The summed E-state index contributed by atoms with van der Waals surface area (Å²) in [6.07, 6.45) is 1.93. The molecule has 0 bridgehead atoms. The molecule has 6 heteroatoms. The van der Waals surface area contributed by atoms with Crippen LogP contribution in [-0.2, 0) is 11.3 Å². The summed E-state index contributed by atoms with van der Waals surface area (Å²) in [4.78, 5) is 38.8. The number of para-hydroxylation sites is 1. The van der Waals surface area contributed by atoms with Crippen molar-refractivity contribution in [2.24, 2.45) is 5.92 Å². The molecule has 27 heavy (non-hydrogen) atoms. The molecule has 1 saturated carbocycles. The third-order valence-electron chi connectivity index (χ3n) is 5.26. The topological polar surface area (TPSA) is 78.5 Å². The van der Waals surface area contributed by atoms with Crippen LogP contribution in [0, 0.1) is 5.92 Å². The fraction of sp³-hybridized carbons (Fsp3) is 0.286. The molecule has 6 nitrogen and oxygen atoms in total. The van der Waals surface area contributed by atoms with E-state index in [1.54, 1.807) is 25.1 Å². The van der Waals surface area contributed by atoms with Crippen LogP contribution in [0.2, 0.25) is 0 Å². The molecular weight excluding hydrogens is 342 g/mol. The van der Waals surface area contributed by atoms with E-state index in [2.05, 4.69) is 10.6 Å². The Hall–Kier alpha value is -3.15. The number of rotatable bonds is 5. The first-order valence-corrected chi connectivity index (χ1v) is 9.07. The van der Waals surface area contributed by atoms with Gasteiger partial charge in [0, 0.05) is 11.3 Å². The fourth-order valence-electron chi connectivity index (χ4n) is 3.51. The van der Waals surface area contributed by atoms with Gasteiger partial charge in [0.25, 0.3) is 11.8 Å². The third-order valence-corrected chi connectivity index (χ3v) is 5.26. The molecule has 1 atom stereocenters. The minimum atomic E-state index is -0.792. The number of amides is 4. The Labute approximate surface area is 157 Å². The van der Waals surface area contributed by atoms with E-state index in [0.717, 1.165) is 18.4 Å². The molecule has 0 aromatic heterocycles. The van der Waals surface area contributed by atoms with Crippen LogP contribution in [0.25, 0.3) is 0 Å². The Morgan fingerprint density at radius 2 is 1.89 bits per heavy atom. The number of hydrogen-bond acceptors (Lipinski definition) is 3. The summed E-state index contributed by atoms with van der Waals surface area (Å²) >= 11 is 0. The maximum absolute atomic E-state index is 12.7. The lowest BCUT2D eigenvalue weighted by atomic mass is 9.96. The first kappa shape index (κ1) is 17.3. The summed E-state index contributed by atoms with van der Waals surface area (Å²) in [5.41, 5.74) is 1.13. The van der Waals surface area contributed by atoms with Crippen molar-refractivity contribution in [3.05, 3.63) is 65.7 Å². The zero-order chi connectivity index (χ0) is 19.0. The predicted molar refractivity (Wildman–Crippen MR) is 101 cm³/mol. The van der Waals surface area contributed by atoms with Crippen LogP contribution in [0.15, 0.2) is 54.6 Å². The van der Waals surface area contributed by atoms with E-state index in [9.17, 15) is 14.4 Å². The van der Waals surface area contributed by atoms with Crippen LogP contribution in [0.4, 0.5) is 10.5 Å². The second kappa shape index (κ2) is 6.54. The minimum Gasteiger partial charge on any atom is -0.323 e. The zero-order valence-electron chi connectivity index (χ0n) is 15.1. The average molecular weight is 363 g/mol. The molecule has 2 fully saturated rings. The molecule has 2 N–H and O–H groups in total. The predicted octanol–water partition coefficient (Wildman–Crippen LogP) is 3.16. The van der Waals surface area contributed by atoms with Crippen LogP contribution in [0.1, 0.15) is 35.7 Å². The molecule has 1 aliphatic carbocycles. The van der Waals surface area contributed by atoms with Gasteiger partial charge in [-0.25, -0.2) is 4.79 Å². The van der Waals surface area contributed by atoms with Gasteiger partial charge in [0.1, 0.15) is 5.54 Å². The van der Waals surface area contributed by atoms with Gasteiger partial charge in [0.05, 0.1) is 6.54 Å². The molecule has 4 rings (SSSR count). The second-order valence-corrected chi connectivity index (χ2v) is 7.32. The Bertz CT molecular complexity index is 908. The van der Waals surface area contributed by atoms with Crippen LogP contribution in [0.3, 0.4) is 0 Å². The van der Waals surface area contributed by atoms with Crippen molar-refractivity contribution in [3.8, 4) is 0 Å². The standard InChI is InChI=1S/C21H21N3O3/c1-21(16-10-11-16)19(26)24(20(27)23-21)13-14-6-5-7-15(12-14)18(25)22-17-8-3-2-4-9-17/h2-9,12,16H,10-11,13H2,1H3,(H,22,25)(H,23,27). The first-order valence-electron chi connectivity index (χ1n) is 9.07. The number of nitrogens with zero attached hydrogens (tertiary/aromatic N) is 1. The van der Waals surface area contributed by atoms with Gasteiger partial charge in [-0.05, 0) is 55.5 Å². The van der Waals surface area contributed by atoms with Crippen molar-refractivity contribution in [2.75, 3.05) is 5.32 Å². The molecule has 138 valence electrons. The molecule has 2 aromatic rings. The molecule has 2 aliphatic rings. The smallest absolute Gasteiger partial charge is 0.323 e. The van der Waals surface area contributed by atoms with Crippen LogP contribution in [0.5, 0.6) is 0 Å². The Morgan fingerprint density at radius 3 is 2.59 bits per heavy atom. The summed E-state index contributed by atoms with van der Waals surface area (Å²) in [5, 5.41) is 5.67. The highest BCUT2D eigenvalue weighted by molar-refractivity contribution is 6.07. The van der Waals surface area contributed by atoms with E-state index in [1.807, 2.05) is 36.4 Å². The van der Waals surface area contributed by atoms with E-state index in [0.29, 0.717) is 11.3 Å². The van der Waals surface area contributed by atoms with Crippen LogP contribution in [-0.4, -0.2) is 28.3 Å². The molecule has 0 radical (unpaired) electrons. The Balaban J connectivity index is 1.49. The maximum atomic E-state index is 12.7. The molecule has 0 spiro atoms. The van der Waals surface area contributed by atoms with Gasteiger partial charge in [-0.2, -0.15) is 0 Å². The van der Waals surface area contributed by atoms with Crippen molar-refractivity contribution in [1.82, 2.24) is 10.2 Å². The molecular formula is C21H21N3O3. The fourth-order valence-corrected chi connectivity index (χ4v) is 3.51. The molecule has 1 unspecified atom stereocenters. The number of carbonyl (C=O) groups is 3. The zero-order valence-corrected chi connectivity index (χ0v) is 15.1. The van der Waals surface area contributed by atoms with E-state index in [4.69, 9.17) is 0 Å². The Morgan fingerprint density at radius 1 is 1.15 bits per heavy atom. The van der Waals surface area contributed by atoms with Gasteiger partial charge in [-0.1, -0.05) is 30.3 Å². The van der Waals surface area contributed by atoms with Crippen LogP contribution < -0.4 is 10.6 Å². The summed E-state index contributed by atoms with van der Waals surface area (Å²) in [6.45, 7) is 1.95. The number of benzene rings is 2. The van der Waals surface area contributed by atoms with E-state index in [1.165, 1.54) is 4.90 Å².